The van der Waals surface area contributed by atoms with Crippen molar-refractivity contribution < 1.29 is 8.85 Å². The van der Waals surface area contributed by atoms with Crippen molar-refractivity contribution >= 4 is 9.28 Å². The molecule has 0 saturated heterocycles. The van der Waals surface area contributed by atoms with Crippen LogP contribution in [0.5, 0.6) is 0 Å². The third-order valence-corrected chi connectivity index (χ3v) is 8.58. The lowest BCUT2D eigenvalue weighted by molar-refractivity contribution is 0.165. The predicted molar refractivity (Wildman–Crippen MR) is 149 cm³/mol. The zero-order valence-electron chi connectivity index (χ0n) is 24.5. The molecule has 0 amide bonds. The molecule has 0 fully saturated rings. The topological polar surface area (TPSA) is 18.5 Å². The van der Waals surface area contributed by atoms with Crippen LogP contribution in [0.4, 0.5) is 0 Å². The third kappa shape index (κ3) is 5.41. The smallest absolute Gasteiger partial charge is 0.379 e. The molecule has 3 atom stereocenters. The highest BCUT2D eigenvalue weighted by molar-refractivity contribution is 6.43. The summed E-state index contributed by atoms with van der Waals surface area (Å²) in [6, 6.07) is 0. The van der Waals surface area contributed by atoms with Gasteiger partial charge in [-0.25, -0.2) is 0 Å². The van der Waals surface area contributed by atoms with Crippen molar-refractivity contribution in [3.05, 3.63) is 57.4 Å². The van der Waals surface area contributed by atoms with E-state index in [0.29, 0.717) is 5.92 Å². The van der Waals surface area contributed by atoms with Crippen LogP contribution in [-0.4, -0.2) is 15.4 Å². The van der Waals surface area contributed by atoms with E-state index >= 15 is 0 Å². The Morgan fingerprint density at radius 1 is 0.765 bits per heavy atom. The summed E-state index contributed by atoms with van der Waals surface area (Å²) in [5.74, 6) is 1.52. The van der Waals surface area contributed by atoms with Gasteiger partial charge in [0.25, 0.3) is 0 Å². The molecule has 1 aliphatic heterocycles. The third-order valence-electron chi connectivity index (χ3n) is 7.36. The van der Waals surface area contributed by atoms with E-state index in [1.165, 1.54) is 33.4 Å². The summed E-state index contributed by atoms with van der Waals surface area (Å²) in [6.07, 6.45) is 8.41. The quantitative estimate of drug-likeness (QED) is 0.321. The fourth-order valence-corrected chi connectivity index (χ4v) is 6.84. The number of allylic oxidation sites excluding steroid dienone is 7. The zero-order chi connectivity index (χ0) is 26.0. The molecule has 0 aromatic heterocycles. The first kappa shape index (κ1) is 27.3. The summed E-state index contributed by atoms with van der Waals surface area (Å²) in [4.78, 5) is 0. The Hall–Kier alpha value is -1.32. The Bertz CT molecular complexity index is 988. The van der Waals surface area contributed by atoms with E-state index in [1.807, 2.05) is 0 Å². The van der Waals surface area contributed by atoms with Gasteiger partial charge in [-0.05, 0) is 57.4 Å². The van der Waals surface area contributed by atoms with Gasteiger partial charge in [0.05, 0.1) is 11.9 Å². The van der Waals surface area contributed by atoms with Crippen molar-refractivity contribution in [3.63, 3.8) is 0 Å². The molecule has 3 unspecified atom stereocenters. The SMILES string of the molecule is CC1CC(C(C)(C)C)=CC2=C(C(C)(C)C)O[SiH](C)OC3C(C(C)(C)C)=CC(C(C)(C)C)=CC3=C21. The maximum atomic E-state index is 6.90. The van der Waals surface area contributed by atoms with Crippen LogP contribution < -0.4 is 0 Å². The number of fused-ring (bicyclic) bond motifs is 2. The molecule has 0 bridgehead atoms. The van der Waals surface area contributed by atoms with Crippen molar-refractivity contribution in [2.45, 2.75) is 109 Å². The molecular formula is C31H50O2Si. The summed E-state index contributed by atoms with van der Waals surface area (Å²) in [6.45, 7) is 32.4. The van der Waals surface area contributed by atoms with Gasteiger partial charge in [-0.3, -0.25) is 0 Å². The van der Waals surface area contributed by atoms with Crippen LogP contribution in [0.1, 0.15) is 96.4 Å². The molecule has 3 heteroatoms. The summed E-state index contributed by atoms with van der Waals surface area (Å²) >= 11 is 0. The van der Waals surface area contributed by atoms with Crippen LogP contribution >= 0.6 is 0 Å². The minimum atomic E-state index is -1.93. The molecule has 3 rings (SSSR count). The molecule has 2 aliphatic carbocycles. The second-order valence-corrected chi connectivity index (χ2v) is 16.4. The maximum absolute atomic E-state index is 6.90. The van der Waals surface area contributed by atoms with Crippen LogP contribution in [0.15, 0.2) is 57.4 Å². The van der Waals surface area contributed by atoms with Gasteiger partial charge >= 0.3 is 9.28 Å². The fourth-order valence-electron chi connectivity index (χ4n) is 5.29. The molecule has 190 valence electrons. The van der Waals surface area contributed by atoms with Crippen LogP contribution in [-0.2, 0) is 8.85 Å². The van der Waals surface area contributed by atoms with Gasteiger partial charge in [0.2, 0.25) is 0 Å². The Labute approximate surface area is 212 Å². The van der Waals surface area contributed by atoms with E-state index in [-0.39, 0.29) is 27.8 Å². The van der Waals surface area contributed by atoms with E-state index in [2.05, 4.69) is 115 Å². The number of hydrogen-bond acceptors (Lipinski definition) is 2. The average Bonchev–Trinajstić information content (AvgIpc) is 2.61. The Morgan fingerprint density at radius 3 is 1.82 bits per heavy atom. The van der Waals surface area contributed by atoms with E-state index < -0.39 is 9.28 Å². The minimum absolute atomic E-state index is 0.00953. The summed E-state index contributed by atoms with van der Waals surface area (Å²) < 4.78 is 13.7. The first-order chi connectivity index (χ1) is 15.2. The van der Waals surface area contributed by atoms with E-state index in [1.54, 1.807) is 0 Å². The van der Waals surface area contributed by atoms with E-state index in [4.69, 9.17) is 8.85 Å². The lowest BCUT2D eigenvalue weighted by Crippen LogP contribution is -2.39. The molecule has 0 radical (unpaired) electrons. The van der Waals surface area contributed by atoms with Crippen LogP contribution in [0.2, 0.25) is 6.55 Å². The highest BCUT2D eigenvalue weighted by atomic mass is 28.3. The lowest BCUT2D eigenvalue weighted by Gasteiger charge is -2.44. The molecule has 0 saturated carbocycles. The van der Waals surface area contributed by atoms with E-state index in [9.17, 15) is 0 Å². The average molecular weight is 483 g/mol. The molecule has 34 heavy (non-hydrogen) atoms. The molecule has 2 nitrogen and oxygen atoms in total. The fraction of sp³-hybridized carbons (Fsp3) is 0.677. The van der Waals surface area contributed by atoms with Gasteiger partial charge in [0.1, 0.15) is 0 Å². The molecular weight excluding hydrogens is 432 g/mol. The largest absolute Gasteiger partial charge is 0.525 e. The summed E-state index contributed by atoms with van der Waals surface area (Å²) in [7, 11) is -1.93. The molecule has 0 spiro atoms. The lowest BCUT2D eigenvalue weighted by atomic mass is 9.67. The first-order valence-electron chi connectivity index (χ1n) is 13.2. The maximum Gasteiger partial charge on any atom is 0.379 e. The van der Waals surface area contributed by atoms with Gasteiger partial charge in [0, 0.05) is 11.0 Å². The second-order valence-electron chi connectivity index (χ2n) is 14.8. The highest BCUT2D eigenvalue weighted by Gasteiger charge is 2.42. The van der Waals surface area contributed by atoms with Crippen molar-refractivity contribution in [2.75, 3.05) is 0 Å². The Kier molecular flexibility index (Phi) is 6.94. The summed E-state index contributed by atoms with van der Waals surface area (Å²) in [5, 5.41) is 0. The van der Waals surface area contributed by atoms with Crippen LogP contribution in [0.3, 0.4) is 0 Å². The Balaban J connectivity index is 2.47. The highest BCUT2D eigenvalue weighted by Crippen LogP contribution is 2.51. The zero-order valence-corrected chi connectivity index (χ0v) is 25.6. The summed E-state index contributed by atoms with van der Waals surface area (Å²) in [5.41, 5.74) is 8.52. The van der Waals surface area contributed by atoms with Crippen molar-refractivity contribution in [1.82, 2.24) is 0 Å². The van der Waals surface area contributed by atoms with E-state index in [0.717, 1.165) is 12.2 Å². The molecule has 3 aliphatic rings. The molecule has 0 aromatic carbocycles. The molecule has 0 aromatic rings. The van der Waals surface area contributed by atoms with Crippen molar-refractivity contribution in [3.8, 4) is 0 Å². The van der Waals surface area contributed by atoms with Crippen molar-refractivity contribution in [2.24, 2.45) is 27.6 Å². The van der Waals surface area contributed by atoms with Gasteiger partial charge in [-0.1, -0.05) is 114 Å². The van der Waals surface area contributed by atoms with Gasteiger partial charge < -0.3 is 8.85 Å². The molecule has 1 heterocycles. The number of hydrogen-bond donors (Lipinski definition) is 0. The first-order valence-corrected chi connectivity index (χ1v) is 15.3. The van der Waals surface area contributed by atoms with Gasteiger partial charge in [-0.15, -0.1) is 0 Å². The second kappa shape index (κ2) is 8.66. The Morgan fingerprint density at radius 2 is 1.35 bits per heavy atom. The van der Waals surface area contributed by atoms with Gasteiger partial charge in [0.15, 0.2) is 0 Å². The van der Waals surface area contributed by atoms with Crippen molar-refractivity contribution in [1.29, 1.82) is 0 Å². The standard InChI is InChI=1S/C31H50O2Si/c1-19-15-20(28(2,3)4)17-23-25(19)22-16-21(29(5,6)7)18-24(30(8,9)10)26(22)32-34(14)33-27(23)31(11,12)13/h16-19,26,34H,15H2,1-14H3. The normalized spacial score (nSPS) is 27.1. The minimum Gasteiger partial charge on any atom is -0.525 e. The van der Waals surface area contributed by atoms with Gasteiger partial charge in [-0.2, -0.15) is 0 Å². The van der Waals surface area contributed by atoms with Crippen LogP contribution in [0.25, 0.3) is 0 Å². The van der Waals surface area contributed by atoms with Crippen LogP contribution in [0, 0.1) is 27.6 Å². The number of rotatable bonds is 0. The predicted octanol–water partition coefficient (Wildman–Crippen LogP) is 8.82. The molecule has 0 N–H and O–H groups in total. The monoisotopic (exact) mass is 482 g/mol.